The van der Waals surface area contributed by atoms with Crippen molar-refractivity contribution in [3.8, 4) is 0 Å². The third kappa shape index (κ3) is 4.93. The van der Waals surface area contributed by atoms with E-state index in [1.54, 1.807) is 30.5 Å². The Morgan fingerprint density at radius 2 is 1.57 bits per heavy atom. The Bertz CT molecular complexity index is 1430. The number of hydrogen-bond donors (Lipinski definition) is 1. The second-order valence-electron chi connectivity index (χ2n) is 7.99. The predicted molar refractivity (Wildman–Crippen MR) is 134 cm³/mol. The van der Waals surface area contributed by atoms with Crippen LogP contribution in [0.4, 0.5) is 22.9 Å². The third-order valence-electron chi connectivity index (χ3n) is 5.67. The van der Waals surface area contributed by atoms with Crippen LogP contribution in [0.3, 0.4) is 0 Å². The fourth-order valence-corrected chi connectivity index (χ4v) is 4.01. The molecule has 0 aliphatic carbocycles. The van der Waals surface area contributed by atoms with Crippen molar-refractivity contribution >= 4 is 33.9 Å². The Labute approximate surface area is 201 Å². The van der Waals surface area contributed by atoms with Crippen molar-refractivity contribution in [2.75, 3.05) is 16.8 Å². The van der Waals surface area contributed by atoms with E-state index in [1.165, 1.54) is 5.56 Å². The van der Waals surface area contributed by atoms with Crippen LogP contribution >= 0.6 is 0 Å². The molecule has 0 aliphatic heterocycles. The Hall–Kier alpha value is -4.79. The molecule has 0 bridgehead atoms. The van der Waals surface area contributed by atoms with Gasteiger partial charge in [0.15, 0.2) is 5.52 Å². The molecule has 0 unspecified atom stereocenters. The van der Waals surface area contributed by atoms with Gasteiger partial charge in [-0.3, -0.25) is 10.1 Å². The zero-order chi connectivity index (χ0) is 24.0. The first kappa shape index (κ1) is 22.0. The largest absolute Gasteiger partial charge is 0.365 e. The van der Waals surface area contributed by atoms with Gasteiger partial charge in [0.05, 0.1) is 10.6 Å². The van der Waals surface area contributed by atoms with Crippen molar-refractivity contribution in [3.63, 3.8) is 0 Å². The molecular formula is C26H22N6O3. The van der Waals surface area contributed by atoms with Gasteiger partial charge in [-0.05, 0) is 46.1 Å². The monoisotopic (exact) mass is 466 g/mol. The van der Waals surface area contributed by atoms with Crippen LogP contribution in [0.5, 0.6) is 0 Å². The number of fused-ring (bicyclic) bond motifs is 1. The first-order valence-corrected chi connectivity index (χ1v) is 11.1. The topological polar surface area (TPSA) is 110 Å². The number of benzene rings is 3. The number of nitrogens with one attached hydrogen (secondary N) is 1. The van der Waals surface area contributed by atoms with Gasteiger partial charge >= 0.3 is 5.69 Å². The van der Waals surface area contributed by atoms with Crippen molar-refractivity contribution in [1.29, 1.82) is 0 Å². The van der Waals surface area contributed by atoms with E-state index in [-0.39, 0.29) is 16.9 Å². The number of nitro groups is 1. The summed E-state index contributed by atoms with van der Waals surface area (Å²) in [4.78, 5) is 17.9. The lowest BCUT2D eigenvalue weighted by Crippen LogP contribution is -2.26. The van der Waals surface area contributed by atoms with Crippen LogP contribution in [-0.2, 0) is 13.0 Å². The van der Waals surface area contributed by atoms with Crippen LogP contribution in [0.1, 0.15) is 11.1 Å². The maximum atomic E-state index is 12.0. The number of aromatic nitrogens is 3. The first-order chi connectivity index (χ1) is 17.2. The average Bonchev–Trinajstić information content (AvgIpc) is 3.37. The fraction of sp³-hybridized carbons (Fsp3) is 0.115. The number of pyridine rings is 1. The third-order valence-corrected chi connectivity index (χ3v) is 5.67. The summed E-state index contributed by atoms with van der Waals surface area (Å²) in [5.74, 6) is 0.483. The van der Waals surface area contributed by atoms with Crippen molar-refractivity contribution in [2.24, 2.45) is 0 Å². The minimum atomic E-state index is -0.479. The highest BCUT2D eigenvalue weighted by molar-refractivity contribution is 6.00. The highest BCUT2D eigenvalue weighted by atomic mass is 16.6. The molecule has 0 spiro atoms. The summed E-state index contributed by atoms with van der Waals surface area (Å²) in [6.45, 7) is 1.23. The normalized spacial score (nSPS) is 10.9. The van der Waals surface area contributed by atoms with Crippen LogP contribution in [0, 0.1) is 10.1 Å². The highest BCUT2D eigenvalue weighted by Crippen LogP contribution is 2.40. The summed E-state index contributed by atoms with van der Waals surface area (Å²) in [5.41, 5.74) is 3.46. The van der Waals surface area contributed by atoms with E-state index in [0.717, 1.165) is 12.0 Å². The SMILES string of the molecule is O=[N+]([O-])c1c(Nc2ccccn2)cc(N(CCc2ccccc2)Cc2ccccc2)c2nonc12. The molecule has 9 nitrogen and oxygen atoms in total. The lowest BCUT2D eigenvalue weighted by molar-refractivity contribution is -0.382. The summed E-state index contributed by atoms with van der Waals surface area (Å²) in [7, 11) is 0. The molecule has 9 heteroatoms. The van der Waals surface area contributed by atoms with Crippen LogP contribution in [0.2, 0.25) is 0 Å². The maximum Gasteiger partial charge on any atom is 0.324 e. The van der Waals surface area contributed by atoms with Gasteiger partial charge < -0.3 is 10.2 Å². The lowest BCUT2D eigenvalue weighted by atomic mass is 10.1. The summed E-state index contributed by atoms with van der Waals surface area (Å²) in [6.07, 6.45) is 2.40. The van der Waals surface area contributed by atoms with Gasteiger partial charge in [0.25, 0.3) is 0 Å². The van der Waals surface area contributed by atoms with Crippen LogP contribution in [0.15, 0.2) is 95.8 Å². The minimum absolute atomic E-state index is 0.0868. The highest BCUT2D eigenvalue weighted by Gasteiger charge is 2.28. The zero-order valence-corrected chi connectivity index (χ0v) is 18.7. The quantitative estimate of drug-likeness (QED) is 0.223. The predicted octanol–water partition coefficient (Wildman–Crippen LogP) is 5.52. The van der Waals surface area contributed by atoms with Gasteiger partial charge in [-0.1, -0.05) is 66.7 Å². The van der Waals surface area contributed by atoms with Gasteiger partial charge in [-0.15, -0.1) is 0 Å². The van der Waals surface area contributed by atoms with Gasteiger partial charge in [-0.25, -0.2) is 9.61 Å². The van der Waals surface area contributed by atoms with E-state index in [9.17, 15) is 10.1 Å². The Morgan fingerprint density at radius 1 is 0.886 bits per heavy atom. The molecule has 0 radical (unpaired) electrons. The van der Waals surface area contributed by atoms with Gasteiger partial charge in [0.1, 0.15) is 11.5 Å². The Kier molecular flexibility index (Phi) is 6.29. The second kappa shape index (κ2) is 10.0. The molecule has 0 saturated carbocycles. The fourth-order valence-electron chi connectivity index (χ4n) is 4.01. The van der Waals surface area contributed by atoms with Gasteiger partial charge in [-0.2, -0.15) is 0 Å². The lowest BCUT2D eigenvalue weighted by Gasteiger charge is -2.26. The number of anilines is 3. The molecule has 5 aromatic rings. The maximum absolute atomic E-state index is 12.0. The van der Waals surface area contributed by atoms with E-state index in [0.29, 0.717) is 30.1 Å². The van der Waals surface area contributed by atoms with Crippen molar-refractivity contribution in [3.05, 3.63) is 112 Å². The molecule has 35 heavy (non-hydrogen) atoms. The molecule has 2 aromatic heterocycles. The Morgan fingerprint density at radius 3 is 2.26 bits per heavy atom. The van der Waals surface area contributed by atoms with E-state index < -0.39 is 4.92 Å². The summed E-state index contributed by atoms with van der Waals surface area (Å²) in [6, 6.07) is 27.3. The molecule has 0 aliphatic rings. The first-order valence-electron chi connectivity index (χ1n) is 11.1. The van der Waals surface area contributed by atoms with Gasteiger partial charge in [0, 0.05) is 19.3 Å². The number of hydrogen-bond acceptors (Lipinski definition) is 8. The van der Waals surface area contributed by atoms with Crippen molar-refractivity contribution in [2.45, 2.75) is 13.0 Å². The summed E-state index contributed by atoms with van der Waals surface area (Å²) in [5, 5.41) is 23.1. The van der Waals surface area contributed by atoms with E-state index in [4.69, 9.17) is 4.63 Å². The van der Waals surface area contributed by atoms with Crippen molar-refractivity contribution < 1.29 is 9.55 Å². The summed E-state index contributed by atoms with van der Waals surface area (Å²) < 4.78 is 4.99. The molecule has 0 saturated heterocycles. The summed E-state index contributed by atoms with van der Waals surface area (Å²) >= 11 is 0. The Balaban J connectivity index is 1.60. The number of nitrogens with zero attached hydrogens (tertiary/aromatic N) is 5. The molecule has 5 rings (SSSR count). The standard InChI is InChI=1S/C26H22N6O3/c33-32(34)26-21(28-23-13-7-8-15-27-23)17-22(24-25(26)30-35-29-24)31(18-20-11-5-2-6-12-20)16-14-19-9-3-1-4-10-19/h1-13,15,17H,14,16,18H2,(H,27,28). The molecule has 0 amide bonds. The number of rotatable bonds is 9. The van der Waals surface area contributed by atoms with Crippen LogP contribution < -0.4 is 10.2 Å². The molecule has 2 heterocycles. The molecule has 1 N–H and O–H groups in total. The van der Waals surface area contributed by atoms with Crippen molar-refractivity contribution in [1.82, 2.24) is 15.3 Å². The van der Waals surface area contributed by atoms with Gasteiger partial charge in [0.2, 0.25) is 5.52 Å². The van der Waals surface area contributed by atoms with Crippen LogP contribution in [-0.4, -0.2) is 26.8 Å². The molecule has 174 valence electrons. The zero-order valence-electron chi connectivity index (χ0n) is 18.7. The number of nitro benzene ring substituents is 1. The molecule has 3 aromatic carbocycles. The minimum Gasteiger partial charge on any atom is -0.365 e. The van der Waals surface area contributed by atoms with E-state index in [1.807, 2.05) is 48.5 Å². The average molecular weight is 467 g/mol. The van der Waals surface area contributed by atoms with Crippen LogP contribution in [0.25, 0.3) is 11.0 Å². The second-order valence-corrected chi connectivity index (χ2v) is 7.99. The molecular weight excluding hydrogens is 444 g/mol. The molecule has 0 fully saturated rings. The van der Waals surface area contributed by atoms with E-state index >= 15 is 0 Å². The smallest absolute Gasteiger partial charge is 0.324 e. The molecule has 0 atom stereocenters. The van der Waals surface area contributed by atoms with E-state index in [2.05, 4.69) is 37.6 Å².